The Bertz CT molecular complexity index is 337. The first-order chi connectivity index (χ1) is 6.27. The molecule has 0 N–H and O–H groups in total. The summed E-state index contributed by atoms with van der Waals surface area (Å²) in [7, 11) is -4.32. The molecule has 0 spiro atoms. The highest BCUT2D eigenvalue weighted by Crippen LogP contribution is 2.66. The summed E-state index contributed by atoms with van der Waals surface area (Å²) in [4.78, 5) is 0. The highest BCUT2D eigenvalue weighted by Gasteiger charge is 2.60. The number of hydrogen-bond acceptors (Lipinski definition) is 2. The zero-order valence-corrected chi connectivity index (χ0v) is 9.53. The highest BCUT2D eigenvalue weighted by atomic mass is 32.3. The van der Waals surface area contributed by atoms with E-state index in [2.05, 4.69) is 13.8 Å². The molecular weight excluding hydrogens is 203 g/mol. The summed E-state index contributed by atoms with van der Waals surface area (Å²) < 4.78 is 34.4. The molecule has 0 aliphatic heterocycles. The quantitative estimate of drug-likeness (QED) is 0.670. The molecule has 0 amide bonds. The van der Waals surface area contributed by atoms with Crippen molar-refractivity contribution in [1.82, 2.24) is 0 Å². The van der Waals surface area contributed by atoms with Crippen LogP contribution in [-0.2, 0) is 10.2 Å². The maximum atomic E-state index is 12.8. The average molecular weight is 220 g/mol. The second kappa shape index (κ2) is 2.71. The molecule has 2 bridgehead atoms. The van der Waals surface area contributed by atoms with Crippen LogP contribution in [-0.4, -0.2) is 14.2 Å². The molecule has 4 heteroatoms. The van der Waals surface area contributed by atoms with Gasteiger partial charge in [0.2, 0.25) is 0 Å². The Hall–Kier alpha value is -0.120. The van der Waals surface area contributed by atoms with Crippen LogP contribution in [0.4, 0.5) is 3.89 Å². The largest absolute Gasteiger partial charge is 0.302 e. The molecule has 82 valence electrons. The van der Waals surface area contributed by atoms with E-state index in [1.807, 2.05) is 0 Å². The van der Waals surface area contributed by atoms with Gasteiger partial charge < -0.3 is 0 Å². The first-order valence-electron chi connectivity index (χ1n) is 5.19. The van der Waals surface area contributed by atoms with E-state index < -0.39 is 10.2 Å². The molecule has 0 saturated heterocycles. The highest BCUT2D eigenvalue weighted by molar-refractivity contribution is 7.86. The van der Waals surface area contributed by atoms with Crippen molar-refractivity contribution in [2.24, 2.45) is 16.7 Å². The lowest BCUT2D eigenvalue weighted by atomic mass is 9.71. The van der Waals surface area contributed by atoms with Crippen LogP contribution in [0.1, 0.15) is 39.5 Å². The van der Waals surface area contributed by atoms with Crippen LogP contribution in [0.5, 0.6) is 0 Å². The normalized spacial score (nSPS) is 40.4. The maximum absolute atomic E-state index is 12.8. The van der Waals surface area contributed by atoms with E-state index in [9.17, 15) is 12.3 Å². The number of halogens is 1. The molecule has 2 saturated carbocycles. The Balaban J connectivity index is 2.32. The van der Waals surface area contributed by atoms with Crippen molar-refractivity contribution in [3.05, 3.63) is 0 Å². The molecule has 0 heterocycles. The molecule has 0 radical (unpaired) electrons. The Kier molecular flexibility index (Phi) is 2.02. The molecule has 2 nitrogen and oxygen atoms in total. The van der Waals surface area contributed by atoms with Crippen molar-refractivity contribution in [3.63, 3.8) is 0 Å². The summed E-state index contributed by atoms with van der Waals surface area (Å²) in [5.74, 6) is 0.341. The second-order valence-corrected chi connectivity index (χ2v) is 6.83. The number of hydrogen-bond donors (Lipinski definition) is 0. The van der Waals surface area contributed by atoms with Gasteiger partial charge >= 0.3 is 10.2 Å². The van der Waals surface area contributed by atoms with Crippen LogP contribution in [0.2, 0.25) is 0 Å². The van der Waals surface area contributed by atoms with Crippen molar-refractivity contribution < 1.29 is 12.3 Å². The number of fused-ring (bicyclic) bond motifs is 2. The fourth-order valence-corrected chi connectivity index (χ4v) is 4.95. The fraction of sp³-hybridized carbons (Fsp3) is 1.00. The van der Waals surface area contributed by atoms with E-state index in [0.29, 0.717) is 5.92 Å². The summed E-state index contributed by atoms with van der Waals surface area (Å²) in [6.45, 7) is 4.20. The standard InChI is InChI=1S/C10H17FO2S/c1-9(2)8-3-5-10(9,6-4-8)7-14(11,12)13/h8H,3-7H2,1-2H3. The van der Waals surface area contributed by atoms with Gasteiger partial charge in [0.25, 0.3) is 0 Å². The Morgan fingerprint density at radius 2 is 1.79 bits per heavy atom. The SMILES string of the molecule is CC1(C)C2CCC1(CS(=O)(=O)F)CC2. The molecule has 2 rings (SSSR count). The summed E-state index contributed by atoms with van der Waals surface area (Å²) >= 11 is 0. The minimum absolute atomic E-state index is 0.00611. The van der Waals surface area contributed by atoms with Crippen LogP contribution in [0.25, 0.3) is 0 Å². The third kappa shape index (κ3) is 1.30. The predicted octanol–water partition coefficient (Wildman–Crippen LogP) is 2.50. The van der Waals surface area contributed by atoms with Gasteiger partial charge in [0.15, 0.2) is 0 Å². The molecule has 0 atom stereocenters. The topological polar surface area (TPSA) is 34.1 Å². The maximum Gasteiger partial charge on any atom is 0.302 e. The van der Waals surface area contributed by atoms with Gasteiger partial charge in [-0.2, -0.15) is 8.42 Å². The minimum Gasteiger partial charge on any atom is -0.195 e. The van der Waals surface area contributed by atoms with Crippen LogP contribution in [0.3, 0.4) is 0 Å². The lowest BCUT2D eigenvalue weighted by Crippen LogP contribution is -2.36. The van der Waals surface area contributed by atoms with Crippen LogP contribution < -0.4 is 0 Å². The van der Waals surface area contributed by atoms with Crippen molar-refractivity contribution in [1.29, 1.82) is 0 Å². The molecule has 14 heavy (non-hydrogen) atoms. The summed E-state index contributed by atoms with van der Waals surface area (Å²) in [5, 5.41) is 0. The summed E-state index contributed by atoms with van der Waals surface area (Å²) in [5.41, 5.74) is -0.266. The zero-order chi connectivity index (χ0) is 10.6. The van der Waals surface area contributed by atoms with Gasteiger partial charge in [-0.1, -0.05) is 13.8 Å². The monoisotopic (exact) mass is 220 g/mol. The smallest absolute Gasteiger partial charge is 0.195 e. The molecule has 0 unspecified atom stereocenters. The summed E-state index contributed by atoms with van der Waals surface area (Å²) in [6, 6.07) is 0. The van der Waals surface area contributed by atoms with Crippen LogP contribution in [0, 0.1) is 16.7 Å². The van der Waals surface area contributed by atoms with Gasteiger partial charge in [0.1, 0.15) is 0 Å². The van der Waals surface area contributed by atoms with E-state index in [4.69, 9.17) is 0 Å². The lowest BCUT2D eigenvalue weighted by Gasteiger charge is -2.36. The molecule has 0 aromatic rings. The Morgan fingerprint density at radius 3 is 2.07 bits per heavy atom. The fourth-order valence-electron chi connectivity index (χ4n) is 3.63. The molecule has 2 fully saturated rings. The third-order valence-electron chi connectivity index (χ3n) is 4.78. The summed E-state index contributed by atoms with van der Waals surface area (Å²) in [6.07, 6.45) is 3.91. The first kappa shape index (κ1) is 10.4. The predicted molar refractivity (Wildman–Crippen MR) is 53.1 cm³/mol. The van der Waals surface area contributed by atoms with Crippen molar-refractivity contribution in [2.75, 3.05) is 5.75 Å². The molecule has 0 aromatic heterocycles. The van der Waals surface area contributed by atoms with Crippen LogP contribution >= 0.6 is 0 Å². The van der Waals surface area contributed by atoms with Crippen molar-refractivity contribution >= 4 is 10.2 Å². The van der Waals surface area contributed by atoms with Gasteiger partial charge in [-0.25, -0.2) is 0 Å². The first-order valence-corrected chi connectivity index (χ1v) is 6.74. The molecule has 2 aliphatic rings. The van der Waals surface area contributed by atoms with E-state index >= 15 is 0 Å². The number of rotatable bonds is 2. The van der Waals surface area contributed by atoms with E-state index in [1.54, 1.807) is 0 Å². The molecule has 2 aliphatic carbocycles. The lowest BCUT2D eigenvalue weighted by molar-refractivity contribution is 0.154. The minimum atomic E-state index is -4.32. The van der Waals surface area contributed by atoms with Gasteiger partial charge in [-0.05, 0) is 42.4 Å². The zero-order valence-electron chi connectivity index (χ0n) is 8.72. The van der Waals surface area contributed by atoms with Crippen molar-refractivity contribution in [3.8, 4) is 0 Å². The average Bonchev–Trinajstić information content (AvgIpc) is 2.34. The third-order valence-corrected chi connectivity index (χ3v) is 5.68. The molecular formula is C10H17FO2S. The van der Waals surface area contributed by atoms with E-state index in [0.717, 1.165) is 25.7 Å². The van der Waals surface area contributed by atoms with Gasteiger partial charge in [-0.15, -0.1) is 3.89 Å². The van der Waals surface area contributed by atoms with Gasteiger partial charge in [-0.3, -0.25) is 0 Å². The second-order valence-electron chi connectivity index (χ2n) is 5.46. The Labute approximate surface area is 85.1 Å². The van der Waals surface area contributed by atoms with E-state index in [-0.39, 0.29) is 16.6 Å². The van der Waals surface area contributed by atoms with Gasteiger partial charge in [0.05, 0.1) is 5.75 Å². The van der Waals surface area contributed by atoms with Crippen molar-refractivity contribution in [2.45, 2.75) is 39.5 Å². The molecule has 0 aromatic carbocycles. The Morgan fingerprint density at radius 1 is 1.29 bits per heavy atom. The van der Waals surface area contributed by atoms with Gasteiger partial charge in [0, 0.05) is 0 Å². The van der Waals surface area contributed by atoms with Crippen LogP contribution in [0.15, 0.2) is 0 Å². The van der Waals surface area contributed by atoms with E-state index in [1.165, 1.54) is 0 Å².